The molecule has 0 spiro atoms. The summed E-state index contributed by atoms with van der Waals surface area (Å²) in [5.74, 6) is -0.144. The first-order valence-electron chi connectivity index (χ1n) is 11.2. The molecule has 1 fully saturated rings. The van der Waals surface area contributed by atoms with Crippen LogP contribution in [0.25, 0.3) is 0 Å². The first-order chi connectivity index (χ1) is 16.2. The molecular formula is C24H31N3O6S. The number of amides is 2. The lowest BCUT2D eigenvalue weighted by atomic mass is 10.1. The lowest BCUT2D eigenvalue weighted by Crippen LogP contribution is -2.56. The van der Waals surface area contributed by atoms with Crippen LogP contribution in [-0.4, -0.2) is 76.2 Å². The Bertz CT molecular complexity index is 1100. The van der Waals surface area contributed by atoms with Crippen LogP contribution < -0.4 is 9.46 Å². The van der Waals surface area contributed by atoms with Gasteiger partial charge in [-0.25, -0.2) is 13.2 Å². The van der Waals surface area contributed by atoms with Gasteiger partial charge < -0.3 is 19.3 Å². The first-order valence-corrected chi connectivity index (χ1v) is 12.6. The number of benzene rings is 2. The number of carbonyl (C=O) groups is 2. The van der Waals surface area contributed by atoms with Gasteiger partial charge in [0.05, 0.1) is 13.7 Å². The highest BCUT2D eigenvalue weighted by Crippen LogP contribution is 2.25. The summed E-state index contributed by atoms with van der Waals surface area (Å²) in [6.45, 7) is 5.02. The normalized spacial score (nSPS) is 15.0. The molecule has 1 N–H and O–H groups in total. The topological polar surface area (TPSA) is 105 Å². The second-order valence-electron chi connectivity index (χ2n) is 8.03. The summed E-state index contributed by atoms with van der Waals surface area (Å²) in [5, 5.41) is 0. The van der Waals surface area contributed by atoms with E-state index in [0.29, 0.717) is 26.2 Å². The van der Waals surface area contributed by atoms with Gasteiger partial charge in [0.15, 0.2) is 0 Å². The molecule has 0 bridgehead atoms. The number of hydrogen-bond donors (Lipinski definition) is 1. The highest BCUT2D eigenvalue weighted by Gasteiger charge is 2.33. The Kier molecular flexibility index (Phi) is 8.51. The maximum absolute atomic E-state index is 13.5. The summed E-state index contributed by atoms with van der Waals surface area (Å²) in [4.78, 5) is 28.6. The van der Waals surface area contributed by atoms with Gasteiger partial charge in [-0.15, -0.1) is 0 Å². The molecule has 0 aromatic heterocycles. The summed E-state index contributed by atoms with van der Waals surface area (Å²) >= 11 is 0. The Morgan fingerprint density at radius 3 is 2.29 bits per heavy atom. The molecular weight excluding hydrogens is 458 g/mol. The zero-order valence-corrected chi connectivity index (χ0v) is 20.5. The fraction of sp³-hybridized carbons (Fsp3) is 0.417. The molecule has 184 valence electrons. The number of aryl methyl sites for hydroxylation is 1. The van der Waals surface area contributed by atoms with E-state index >= 15 is 0 Å². The molecule has 0 unspecified atom stereocenters. The minimum Gasteiger partial charge on any atom is -0.495 e. The number of nitrogens with one attached hydrogen (secondary N) is 1. The van der Waals surface area contributed by atoms with Crippen molar-refractivity contribution in [1.82, 2.24) is 14.5 Å². The largest absolute Gasteiger partial charge is 0.495 e. The number of carbonyl (C=O) groups excluding carboxylic acids is 2. The van der Waals surface area contributed by atoms with Crippen LogP contribution in [-0.2, 0) is 26.0 Å². The number of piperazine rings is 1. The van der Waals surface area contributed by atoms with Gasteiger partial charge in [-0.3, -0.25) is 4.79 Å². The third kappa shape index (κ3) is 6.27. The summed E-state index contributed by atoms with van der Waals surface area (Å²) in [5.41, 5.74) is 1.58. The minimum absolute atomic E-state index is 0.0204. The quantitative estimate of drug-likeness (QED) is 0.610. The highest BCUT2D eigenvalue weighted by molar-refractivity contribution is 7.89. The van der Waals surface area contributed by atoms with E-state index < -0.39 is 22.2 Å². The van der Waals surface area contributed by atoms with Crippen LogP contribution >= 0.6 is 0 Å². The smallest absolute Gasteiger partial charge is 0.409 e. The fourth-order valence-electron chi connectivity index (χ4n) is 3.82. The maximum Gasteiger partial charge on any atom is 0.409 e. The van der Waals surface area contributed by atoms with Crippen LogP contribution in [0.5, 0.6) is 5.75 Å². The van der Waals surface area contributed by atoms with Gasteiger partial charge in [0.1, 0.15) is 16.7 Å². The Balaban J connectivity index is 1.83. The van der Waals surface area contributed by atoms with Gasteiger partial charge in [-0.2, -0.15) is 4.72 Å². The predicted molar refractivity (Wildman–Crippen MR) is 127 cm³/mol. The van der Waals surface area contributed by atoms with E-state index in [1.54, 1.807) is 35.8 Å². The molecule has 10 heteroatoms. The van der Waals surface area contributed by atoms with Crippen molar-refractivity contribution in [2.75, 3.05) is 39.9 Å². The molecule has 3 rings (SSSR count). The molecule has 1 aliphatic rings. The highest BCUT2D eigenvalue weighted by atomic mass is 32.2. The standard InChI is InChI=1S/C24H31N3O6S/c1-4-33-24(29)27-14-12-26(13-15-27)23(28)20(17-19-8-6-5-7-9-19)25-34(30,31)22-16-18(2)10-11-21(22)32-3/h5-11,16,20,25H,4,12-15,17H2,1-3H3/t20-/m1/s1. The second kappa shape index (κ2) is 11.3. The minimum atomic E-state index is -4.07. The molecule has 2 aromatic rings. The van der Waals surface area contributed by atoms with Crippen molar-refractivity contribution >= 4 is 22.0 Å². The number of hydrogen-bond acceptors (Lipinski definition) is 6. The Labute approximate surface area is 200 Å². The monoisotopic (exact) mass is 489 g/mol. The number of rotatable bonds is 8. The predicted octanol–water partition coefficient (Wildman–Crippen LogP) is 2.19. The molecule has 34 heavy (non-hydrogen) atoms. The van der Waals surface area contributed by atoms with E-state index in [4.69, 9.17) is 9.47 Å². The van der Waals surface area contributed by atoms with E-state index in [0.717, 1.165) is 11.1 Å². The van der Waals surface area contributed by atoms with Crippen LogP contribution in [0.4, 0.5) is 4.79 Å². The summed E-state index contributed by atoms with van der Waals surface area (Å²) < 4.78 is 39.6. The van der Waals surface area contributed by atoms with Crippen LogP contribution in [0.1, 0.15) is 18.1 Å². The van der Waals surface area contributed by atoms with Crippen LogP contribution in [0.3, 0.4) is 0 Å². The molecule has 0 radical (unpaired) electrons. The van der Waals surface area contributed by atoms with E-state index in [9.17, 15) is 18.0 Å². The SMILES string of the molecule is CCOC(=O)N1CCN(C(=O)[C@@H](Cc2ccccc2)NS(=O)(=O)c2cc(C)ccc2OC)CC1. The molecule has 1 heterocycles. The van der Waals surface area contributed by atoms with Gasteiger partial charge >= 0.3 is 6.09 Å². The van der Waals surface area contributed by atoms with E-state index in [1.807, 2.05) is 30.3 Å². The van der Waals surface area contributed by atoms with Crippen molar-refractivity contribution in [3.63, 3.8) is 0 Å². The molecule has 1 saturated heterocycles. The number of nitrogens with zero attached hydrogens (tertiary/aromatic N) is 2. The van der Waals surface area contributed by atoms with E-state index in [-0.39, 0.29) is 29.6 Å². The Morgan fingerprint density at radius 2 is 1.68 bits per heavy atom. The van der Waals surface area contributed by atoms with Gasteiger partial charge in [0.2, 0.25) is 15.9 Å². The molecule has 0 aliphatic carbocycles. The molecule has 2 aromatic carbocycles. The molecule has 2 amide bonds. The fourth-order valence-corrected chi connectivity index (χ4v) is 5.26. The summed E-state index contributed by atoms with van der Waals surface area (Å²) in [7, 11) is -2.67. The van der Waals surface area contributed by atoms with Crippen molar-refractivity contribution in [3.05, 3.63) is 59.7 Å². The molecule has 1 aliphatic heterocycles. The Morgan fingerprint density at radius 1 is 1.03 bits per heavy atom. The average Bonchev–Trinajstić information content (AvgIpc) is 2.84. The maximum atomic E-state index is 13.5. The third-order valence-corrected chi connectivity index (χ3v) is 7.10. The van der Waals surface area contributed by atoms with Crippen LogP contribution in [0.2, 0.25) is 0 Å². The number of sulfonamides is 1. The number of methoxy groups -OCH3 is 1. The number of ether oxygens (including phenoxy) is 2. The van der Waals surface area contributed by atoms with Crippen molar-refractivity contribution in [3.8, 4) is 5.75 Å². The zero-order chi connectivity index (χ0) is 24.7. The summed E-state index contributed by atoms with van der Waals surface area (Å²) in [6.07, 6.45) is -0.229. The molecule has 1 atom stereocenters. The third-order valence-electron chi connectivity index (χ3n) is 5.60. The van der Waals surface area contributed by atoms with Crippen molar-refractivity contribution in [2.45, 2.75) is 31.2 Å². The summed E-state index contributed by atoms with van der Waals surface area (Å²) in [6, 6.07) is 13.1. The van der Waals surface area contributed by atoms with Crippen molar-refractivity contribution in [1.29, 1.82) is 0 Å². The molecule has 0 saturated carbocycles. The van der Waals surface area contributed by atoms with Crippen molar-refractivity contribution < 1.29 is 27.5 Å². The molecule has 9 nitrogen and oxygen atoms in total. The van der Waals surface area contributed by atoms with Gasteiger partial charge in [-0.1, -0.05) is 36.4 Å². The van der Waals surface area contributed by atoms with Gasteiger partial charge in [-0.05, 0) is 43.5 Å². The second-order valence-corrected chi connectivity index (χ2v) is 9.71. The lowest BCUT2D eigenvalue weighted by molar-refractivity contribution is -0.134. The van der Waals surface area contributed by atoms with Crippen molar-refractivity contribution in [2.24, 2.45) is 0 Å². The average molecular weight is 490 g/mol. The Hall–Kier alpha value is -3.11. The van der Waals surface area contributed by atoms with E-state index in [1.165, 1.54) is 13.2 Å². The van der Waals surface area contributed by atoms with Crippen LogP contribution in [0, 0.1) is 6.92 Å². The van der Waals surface area contributed by atoms with Crippen LogP contribution in [0.15, 0.2) is 53.4 Å². The van der Waals surface area contributed by atoms with Gasteiger partial charge in [0.25, 0.3) is 0 Å². The lowest BCUT2D eigenvalue weighted by Gasteiger charge is -2.36. The van der Waals surface area contributed by atoms with Gasteiger partial charge in [0, 0.05) is 26.2 Å². The van der Waals surface area contributed by atoms with E-state index in [2.05, 4.69) is 4.72 Å². The first kappa shape index (κ1) is 25.5. The zero-order valence-electron chi connectivity index (χ0n) is 19.7.